The lowest BCUT2D eigenvalue weighted by molar-refractivity contribution is -0.159. The second-order valence-corrected chi connectivity index (χ2v) is 5.73. The number of hydrogen-bond donors (Lipinski definition) is 3. The number of esters is 1. The molecule has 0 heterocycles. The summed E-state index contributed by atoms with van der Waals surface area (Å²) in [5.41, 5.74) is 7.86. The van der Waals surface area contributed by atoms with Crippen LogP contribution in [0.3, 0.4) is 0 Å². The summed E-state index contributed by atoms with van der Waals surface area (Å²) in [4.78, 5) is 30.1. The van der Waals surface area contributed by atoms with Crippen LogP contribution in [0.25, 0.3) is 0 Å². The van der Waals surface area contributed by atoms with Crippen LogP contribution in [0.1, 0.15) is 18.1 Å². The van der Waals surface area contributed by atoms with Gasteiger partial charge in [0.05, 0.1) is 12.7 Å². The maximum atomic E-state index is 11.9. The lowest BCUT2D eigenvalue weighted by Crippen LogP contribution is -2.42. The highest BCUT2D eigenvalue weighted by Gasteiger charge is 2.23. The number of benzene rings is 2. The largest absolute Gasteiger partial charge is 0.473 e. The van der Waals surface area contributed by atoms with Gasteiger partial charge in [0.15, 0.2) is 0 Å². The van der Waals surface area contributed by atoms with Crippen molar-refractivity contribution < 1.29 is 34.1 Å². The zero-order chi connectivity index (χ0) is 20.9. The fraction of sp³-hybridized carbons (Fsp3) is 0.250. The van der Waals surface area contributed by atoms with Crippen molar-refractivity contribution >= 4 is 17.9 Å². The molecule has 0 saturated heterocycles. The van der Waals surface area contributed by atoms with Crippen molar-refractivity contribution in [3.05, 3.63) is 71.8 Å². The van der Waals surface area contributed by atoms with Crippen molar-refractivity contribution in [3.63, 3.8) is 0 Å². The van der Waals surface area contributed by atoms with Crippen LogP contribution < -0.4 is 5.73 Å². The topological polar surface area (TPSA) is 136 Å². The van der Waals surface area contributed by atoms with Crippen molar-refractivity contribution in [3.8, 4) is 0 Å². The zero-order valence-electron chi connectivity index (χ0n) is 15.4. The fourth-order valence-electron chi connectivity index (χ4n) is 1.92. The molecule has 2 aromatic rings. The van der Waals surface area contributed by atoms with Crippen LogP contribution in [0.15, 0.2) is 60.7 Å². The summed E-state index contributed by atoms with van der Waals surface area (Å²) in [6.07, 6.45) is -0.413. The quantitative estimate of drug-likeness (QED) is 0.482. The Morgan fingerprint density at radius 3 is 1.71 bits per heavy atom. The first-order valence-electron chi connectivity index (χ1n) is 8.39. The number of hydrogen-bond acceptors (Lipinski definition) is 6. The highest BCUT2D eigenvalue weighted by molar-refractivity contribution is 6.27. The van der Waals surface area contributed by atoms with E-state index >= 15 is 0 Å². The molecule has 2 unspecified atom stereocenters. The Morgan fingerprint density at radius 1 is 0.857 bits per heavy atom. The Balaban J connectivity index is 0.000000568. The number of ether oxygens (including phenoxy) is 2. The second-order valence-electron chi connectivity index (χ2n) is 5.73. The average Bonchev–Trinajstić information content (AvgIpc) is 2.71. The highest BCUT2D eigenvalue weighted by atomic mass is 16.5. The van der Waals surface area contributed by atoms with E-state index in [1.165, 1.54) is 0 Å². The van der Waals surface area contributed by atoms with Crippen LogP contribution in [-0.2, 0) is 37.1 Å². The molecule has 8 nitrogen and oxygen atoms in total. The first-order valence-corrected chi connectivity index (χ1v) is 8.39. The van der Waals surface area contributed by atoms with E-state index in [2.05, 4.69) is 0 Å². The molecule has 0 fully saturated rings. The molecule has 0 aliphatic heterocycles. The Bertz CT molecular complexity index is 738. The van der Waals surface area contributed by atoms with Crippen LogP contribution in [0.5, 0.6) is 0 Å². The van der Waals surface area contributed by atoms with Crippen LogP contribution in [0, 0.1) is 0 Å². The molecule has 4 N–H and O–H groups in total. The van der Waals surface area contributed by atoms with Gasteiger partial charge in [-0.1, -0.05) is 60.7 Å². The molecule has 0 aliphatic carbocycles. The molecule has 0 bridgehead atoms. The summed E-state index contributed by atoms with van der Waals surface area (Å²) in [5, 5.41) is 14.8. The number of carboxylic acids is 2. The normalized spacial score (nSPS) is 12.1. The number of carbonyl (C=O) groups is 3. The Morgan fingerprint density at radius 2 is 1.29 bits per heavy atom. The summed E-state index contributed by atoms with van der Waals surface area (Å²) in [7, 11) is 0. The predicted octanol–water partition coefficient (Wildman–Crippen LogP) is 1.82. The molecule has 2 rings (SSSR count). The van der Waals surface area contributed by atoms with E-state index in [-0.39, 0.29) is 6.61 Å². The molecule has 2 aromatic carbocycles. The number of carbonyl (C=O) groups excluding carboxylic acids is 1. The standard InChI is InChI=1S/C18H21NO3.C2H2O4/c1-14(21-12-15-8-4-2-5-9-15)17(19)18(20)22-13-16-10-6-3-7-11-16;3-1(4)2(5)6/h2-11,14,17H,12-13,19H2,1H3;(H,3,4)(H,5,6). The van der Waals surface area contributed by atoms with E-state index < -0.39 is 30.1 Å². The third-order valence-corrected chi connectivity index (χ3v) is 3.54. The summed E-state index contributed by atoms with van der Waals surface area (Å²) >= 11 is 0. The molecule has 0 aromatic heterocycles. The molecule has 8 heteroatoms. The van der Waals surface area contributed by atoms with Gasteiger partial charge in [-0.15, -0.1) is 0 Å². The number of carboxylic acid groups (broad SMARTS) is 2. The predicted molar refractivity (Wildman–Crippen MR) is 100 cm³/mol. The molecule has 150 valence electrons. The van der Waals surface area contributed by atoms with Crippen LogP contribution in [-0.4, -0.2) is 40.3 Å². The van der Waals surface area contributed by atoms with Crippen LogP contribution >= 0.6 is 0 Å². The lowest BCUT2D eigenvalue weighted by atomic mass is 10.2. The van der Waals surface area contributed by atoms with Crippen molar-refractivity contribution in [2.45, 2.75) is 32.3 Å². The van der Waals surface area contributed by atoms with Crippen molar-refractivity contribution in [1.82, 2.24) is 0 Å². The molecule has 0 amide bonds. The molecule has 2 atom stereocenters. The minimum atomic E-state index is -1.82. The maximum Gasteiger partial charge on any atom is 0.414 e. The van der Waals surface area contributed by atoms with Crippen molar-refractivity contribution in [2.75, 3.05) is 0 Å². The maximum absolute atomic E-state index is 11.9. The van der Waals surface area contributed by atoms with Gasteiger partial charge in [0.1, 0.15) is 12.6 Å². The minimum Gasteiger partial charge on any atom is -0.473 e. The minimum absolute atomic E-state index is 0.221. The van der Waals surface area contributed by atoms with Gasteiger partial charge in [-0.25, -0.2) is 9.59 Å². The number of aliphatic carboxylic acids is 2. The highest BCUT2D eigenvalue weighted by Crippen LogP contribution is 2.07. The Kier molecular flexibility index (Phi) is 9.95. The van der Waals surface area contributed by atoms with E-state index in [0.29, 0.717) is 6.61 Å². The molecule has 0 aliphatic rings. The van der Waals surface area contributed by atoms with Gasteiger partial charge < -0.3 is 25.4 Å². The monoisotopic (exact) mass is 389 g/mol. The molecule has 0 radical (unpaired) electrons. The van der Waals surface area contributed by atoms with E-state index in [9.17, 15) is 4.79 Å². The summed E-state index contributed by atoms with van der Waals surface area (Å²) < 4.78 is 10.9. The van der Waals surface area contributed by atoms with Crippen molar-refractivity contribution in [1.29, 1.82) is 0 Å². The van der Waals surface area contributed by atoms with E-state index in [1.54, 1.807) is 6.92 Å². The molecule has 0 saturated carbocycles. The molecular formula is C20H23NO7. The van der Waals surface area contributed by atoms with E-state index in [4.69, 9.17) is 35.0 Å². The van der Waals surface area contributed by atoms with Gasteiger partial charge in [0, 0.05) is 0 Å². The third kappa shape index (κ3) is 8.93. The average molecular weight is 389 g/mol. The van der Waals surface area contributed by atoms with Crippen molar-refractivity contribution in [2.24, 2.45) is 5.73 Å². The second kappa shape index (κ2) is 12.2. The molecule has 28 heavy (non-hydrogen) atoms. The van der Waals surface area contributed by atoms with E-state index in [1.807, 2.05) is 60.7 Å². The van der Waals surface area contributed by atoms with Gasteiger partial charge in [0.25, 0.3) is 0 Å². The first-order chi connectivity index (χ1) is 13.3. The third-order valence-electron chi connectivity index (χ3n) is 3.54. The summed E-state index contributed by atoms with van der Waals surface area (Å²) in [5.74, 6) is -4.10. The van der Waals surface area contributed by atoms with Crippen LogP contribution in [0.2, 0.25) is 0 Å². The lowest BCUT2D eigenvalue weighted by Gasteiger charge is -2.19. The summed E-state index contributed by atoms with van der Waals surface area (Å²) in [6, 6.07) is 18.5. The first kappa shape index (κ1) is 22.8. The fourth-order valence-corrected chi connectivity index (χ4v) is 1.92. The Labute approximate surface area is 162 Å². The SMILES string of the molecule is CC(OCc1ccccc1)C(N)C(=O)OCc1ccccc1.O=C(O)C(=O)O. The number of nitrogens with two attached hydrogens (primary N) is 1. The van der Waals surface area contributed by atoms with Gasteiger partial charge in [0.2, 0.25) is 0 Å². The molecule has 0 spiro atoms. The summed E-state index contributed by atoms with van der Waals surface area (Å²) in [6.45, 7) is 2.41. The smallest absolute Gasteiger partial charge is 0.414 e. The Hall–Kier alpha value is -3.23. The van der Waals surface area contributed by atoms with E-state index in [0.717, 1.165) is 11.1 Å². The molecular weight excluding hydrogens is 366 g/mol. The number of rotatable bonds is 7. The van der Waals surface area contributed by atoms with Gasteiger partial charge in [-0.3, -0.25) is 4.79 Å². The van der Waals surface area contributed by atoms with Gasteiger partial charge in [-0.05, 0) is 18.1 Å². The zero-order valence-corrected chi connectivity index (χ0v) is 15.4. The van der Waals surface area contributed by atoms with Gasteiger partial charge >= 0.3 is 17.9 Å². The van der Waals surface area contributed by atoms with Gasteiger partial charge in [-0.2, -0.15) is 0 Å². The van der Waals surface area contributed by atoms with Crippen LogP contribution in [0.4, 0.5) is 0 Å².